The van der Waals surface area contributed by atoms with E-state index in [0.717, 1.165) is 11.1 Å². The number of rotatable bonds is 6. The van der Waals surface area contributed by atoms with Gasteiger partial charge >= 0.3 is 5.97 Å². The van der Waals surface area contributed by atoms with Crippen molar-refractivity contribution in [1.82, 2.24) is 9.78 Å². The minimum Gasteiger partial charge on any atom is -0.497 e. The van der Waals surface area contributed by atoms with Gasteiger partial charge < -0.3 is 9.47 Å². The summed E-state index contributed by atoms with van der Waals surface area (Å²) >= 11 is 0. The standard InChI is InChI=1S/C19H24N2O4/c1-7-8-13-9-14(24-6)10-15-17(12(2)22)20-21(18(13)15)11-16(23)25-19(3,4)5/h7,9-10H,1,8,11H2,2-6H3. The Kier molecular flexibility index (Phi) is 5.30. The monoisotopic (exact) mass is 344 g/mol. The summed E-state index contributed by atoms with van der Waals surface area (Å²) in [5.41, 5.74) is 1.32. The van der Waals surface area contributed by atoms with Crippen LogP contribution in [0.5, 0.6) is 5.75 Å². The lowest BCUT2D eigenvalue weighted by Gasteiger charge is -2.19. The minimum absolute atomic E-state index is 0.0719. The van der Waals surface area contributed by atoms with Crippen molar-refractivity contribution in [2.45, 2.75) is 46.3 Å². The molecule has 0 unspecified atom stereocenters. The number of ketones is 1. The molecule has 0 aliphatic carbocycles. The first kappa shape index (κ1) is 18.7. The van der Waals surface area contributed by atoms with Crippen molar-refractivity contribution < 1.29 is 19.1 Å². The van der Waals surface area contributed by atoms with Crippen LogP contribution in [0.25, 0.3) is 10.9 Å². The summed E-state index contributed by atoms with van der Waals surface area (Å²) in [6.45, 7) is 10.6. The summed E-state index contributed by atoms with van der Waals surface area (Å²) in [4.78, 5) is 24.2. The third-order valence-electron chi connectivity index (χ3n) is 3.53. The average molecular weight is 344 g/mol. The van der Waals surface area contributed by atoms with Crippen molar-refractivity contribution in [2.24, 2.45) is 0 Å². The van der Waals surface area contributed by atoms with E-state index in [-0.39, 0.29) is 12.3 Å². The third-order valence-corrected chi connectivity index (χ3v) is 3.53. The Labute approximate surface area is 147 Å². The van der Waals surface area contributed by atoms with Crippen LogP contribution in [-0.4, -0.2) is 34.2 Å². The molecule has 0 amide bonds. The van der Waals surface area contributed by atoms with Crippen LogP contribution in [0.15, 0.2) is 24.8 Å². The van der Waals surface area contributed by atoms with Crippen LogP contribution < -0.4 is 4.74 Å². The van der Waals surface area contributed by atoms with E-state index in [1.165, 1.54) is 11.6 Å². The number of Topliss-reactive ketones (excluding diaryl/α,β-unsaturated/α-hetero) is 1. The van der Waals surface area contributed by atoms with Gasteiger partial charge in [0, 0.05) is 12.3 Å². The van der Waals surface area contributed by atoms with Crippen LogP contribution in [0.4, 0.5) is 0 Å². The number of esters is 1. The van der Waals surface area contributed by atoms with Crippen LogP contribution in [0.1, 0.15) is 43.7 Å². The van der Waals surface area contributed by atoms with E-state index in [9.17, 15) is 9.59 Å². The lowest BCUT2D eigenvalue weighted by atomic mass is 10.0. The second-order valence-corrected chi connectivity index (χ2v) is 6.82. The number of hydrogen-bond acceptors (Lipinski definition) is 5. The first-order valence-electron chi connectivity index (χ1n) is 8.07. The summed E-state index contributed by atoms with van der Waals surface area (Å²) in [6, 6.07) is 3.62. The van der Waals surface area contributed by atoms with Crippen molar-refractivity contribution in [2.75, 3.05) is 7.11 Å². The number of benzene rings is 1. The van der Waals surface area contributed by atoms with Gasteiger partial charge in [0.05, 0.1) is 12.6 Å². The lowest BCUT2D eigenvalue weighted by Crippen LogP contribution is -2.27. The van der Waals surface area contributed by atoms with Gasteiger partial charge in [-0.2, -0.15) is 5.10 Å². The van der Waals surface area contributed by atoms with Gasteiger partial charge in [0.15, 0.2) is 5.78 Å². The maximum atomic E-state index is 12.2. The summed E-state index contributed by atoms with van der Waals surface area (Å²) in [5.74, 6) is 0.0433. The highest BCUT2D eigenvalue weighted by atomic mass is 16.6. The number of ether oxygens (including phenoxy) is 2. The highest BCUT2D eigenvalue weighted by molar-refractivity contribution is 6.06. The van der Waals surface area contributed by atoms with E-state index in [2.05, 4.69) is 11.7 Å². The quantitative estimate of drug-likeness (QED) is 0.457. The SMILES string of the molecule is C=CCc1cc(OC)cc2c(C(C)=O)nn(CC(=O)OC(C)(C)C)c12. The number of carbonyl (C=O) groups is 2. The van der Waals surface area contributed by atoms with Crippen LogP contribution >= 0.6 is 0 Å². The van der Waals surface area contributed by atoms with E-state index >= 15 is 0 Å². The second-order valence-electron chi connectivity index (χ2n) is 6.82. The average Bonchev–Trinajstić information content (AvgIpc) is 2.84. The van der Waals surface area contributed by atoms with Gasteiger partial charge in [-0.15, -0.1) is 6.58 Å². The second kappa shape index (κ2) is 7.09. The van der Waals surface area contributed by atoms with E-state index in [1.807, 2.05) is 6.07 Å². The Morgan fingerprint density at radius 3 is 2.52 bits per heavy atom. The summed E-state index contributed by atoms with van der Waals surface area (Å²) < 4.78 is 12.2. The number of carbonyl (C=O) groups excluding carboxylic acids is 2. The Balaban J connectivity index is 2.61. The van der Waals surface area contributed by atoms with Crippen LogP contribution in [-0.2, 0) is 22.5 Å². The molecule has 6 nitrogen and oxygen atoms in total. The zero-order valence-electron chi connectivity index (χ0n) is 15.4. The maximum absolute atomic E-state index is 12.2. The molecular formula is C19H24N2O4. The Hall–Kier alpha value is -2.63. The van der Waals surface area contributed by atoms with E-state index in [0.29, 0.717) is 23.3 Å². The summed E-state index contributed by atoms with van der Waals surface area (Å²) in [5, 5.41) is 5.01. The maximum Gasteiger partial charge on any atom is 0.328 e. The zero-order chi connectivity index (χ0) is 18.8. The fourth-order valence-corrected chi connectivity index (χ4v) is 2.67. The van der Waals surface area contributed by atoms with Gasteiger partial charge in [-0.1, -0.05) is 6.08 Å². The molecule has 0 saturated heterocycles. The zero-order valence-corrected chi connectivity index (χ0v) is 15.4. The number of nitrogens with zero attached hydrogens (tertiary/aromatic N) is 2. The lowest BCUT2D eigenvalue weighted by molar-refractivity contribution is -0.155. The molecule has 0 atom stereocenters. The van der Waals surface area contributed by atoms with Gasteiger partial charge in [0.25, 0.3) is 0 Å². The molecule has 25 heavy (non-hydrogen) atoms. The number of aromatic nitrogens is 2. The Morgan fingerprint density at radius 1 is 1.32 bits per heavy atom. The van der Waals surface area contributed by atoms with E-state index < -0.39 is 11.6 Å². The first-order chi connectivity index (χ1) is 11.7. The highest BCUT2D eigenvalue weighted by Gasteiger charge is 2.22. The van der Waals surface area contributed by atoms with Gasteiger partial charge in [0.2, 0.25) is 0 Å². The first-order valence-corrected chi connectivity index (χ1v) is 8.07. The van der Waals surface area contributed by atoms with Crippen molar-refractivity contribution in [1.29, 1.82) is 0 Å². The van der Waals surface area contributed by atoms with Crippen LogP contribution in [0, 0.1) is 0 Å². The summed E-state index contributed by atoms with van der Waals surface area (Å²) in [7, 11) is 1.57. The predicted molar refractivity (Wildman–Crippen MR) is 96.0 cm³/mol. The third kappa shape index (κ3) is 4.26. The molecule has 1 heterocycles. The normalized spacial score (nSPS) is 11.4. The van der Waals surface area contributed by atoms with Gasteiger partial charge in [-0.25, -0.2) is 0 Å². The largest absolute Gasteiger partial charge is 0.497 e. The number of hydrogen-bond donors (Lipinski definition) is 0. The molecule has 0 aliphatic rings. The van der Waals surface area contributed by atoms with Gasteiger partial charge in [0.1, 0.15) is 23.6 Å². The van der Waals surface area contributed by atoms with Crippen molar-refractivity contribution >= 4 is 22.7 Å². The Bertz CT molecular complexity index is 828. The highest BCUT2D eigenvalue weighted by Crippen LogP contribution is 2.29. The molecule has 134 valence electrons. The van der Waals surface area contributed by atoms with Crippen LogP contribution in [0.2, 0.25) is 0 Å². The molecule has 0 aliphatic heterocycles. The summed E-state index contributed by atoms with van der Waals surface area (Å²) in [6.07, 6.45) is 2.32. The molecule has 0 spiro atoms. The van der Waals surface area contributed by atoms with Crippen molar-refractivity contribution in [3.63, 3.8) is 0 Å². The fraction of sp³-hybridized carbons (Fsp3) is 0.421. The molecule has 1 aromatic carbocycles. The molecule has 0 N–H and O–H groups in total. The molecule has 0 saturated carbocycles. The number of methoxy groups -OCH3 is 1. The molecule has 6 heteroatoms. The molecule has 2 rings (SSSR count). The van der Waals surface area contributed by atoms with Crippen LogP contribution in [0.3, 0.4) is 0 Å². The number of fused-ring (bicyclic) bond motifs is 1. The molecule has 0 fully saturated rings. The molecule has 1 aromatic heterocycles. The molecule has 0 radical (unpaired) electrons. The van der Waals surface area contributed by atoms with Gasteiger partial charge in [-0.05, 0) is 44.9 Å². The van der Waals surface area contributed by atoms with Crippen molar-refractivity contribution in [3.05, 3.63) is 36.0 Å². The fourth-order valence-electron chi connectivity index (χ4n) is 2.67. The van der Waals surface area contributed by atoms with Crippen molar-refractivity contribution in [3.8, 4) is 5.75 Å². The topological polar surface area (TPSA) is 70.4 Å². The predicted octanol–water partition coefficient (Wildman–Crippen LogP) is 3.32. The number of allylic oxidation sites excluding steroid dienone is 1. The van der Waals surface area contributed by atoms with Gasteiger partial charge in [-0.3, -0.25) is 14.3 Å². The Morgan fingerprint density at radius 2 is 2.00 bits per heavy atom. The molecule has 0 bridgehead atoms. The van der Waals surface area contributed by atoms with E-state index in [4.69, 9.17) is 9.47 Å². The molecule has 2 aromatic rings. The van der Waals surface area contributed by atoms with E-state index in [1.54, 1.807) is 40.0 Å². The molecular weight excluding hydrogens is 320 g/mol. The smallest absolute Gasteiger partial charge is 0.328 e. The minimum atomic E-state index is -0.587.